The van der Waals surface area contributed by atoms with Gasteiger partial charge in [0, 0.05) is 25.6 Å². The molecule has 1 amide bonds. The number of hydrogen-bond acceptors (Lipinski definition) is 5. The van der Waals surface area contributed by atoms with Gasteiger partial charge in [-0.15, -0.1) is 0 Å². The molecule has 28 heavy (non-hydrogen) atoms. The van der Waals surface area contributed by atoms with Crippen molar-refractivity contribution in [2.45, 2.75) is 49.5 Å². The molecule has 0 bridgehead atoms. The van der Waals surface area contributed by atoms with E-state index >= 15 is 0 Å². The van der Waals surface area contributed by atoms with Crippen molar-refractivity contribution in [1.82, 2.24) is 9.62 Å². The van der Waals surface area contributed by atoms with Crippen molar-refractivity contribution in [2.75, 3.05) is 26.7 Å². The maximum atomic E-state index is 12.6. The Labute approximate surface area is 167 Å². The predicted octanol–water partition coefficient (Wildman–Crippen LogP) is 1.76. The Morgan fingerprint density at radius 2 is 1.71 bits per heavy atom. The molecule has 1 aliphatic carbocycles. The zero-order valence-electron chi connectivity index (χ0n) is 16.3. The number of hydrogen-bond donors (Lipinski definition) is 2. The summed E-state index contributed by atoms with van der Waals surface area (Å²) in [6, 6.07) is 6.33. The number of benzene rings is 1. The van der Waals surface area contributed by atoms with Gasteiger partial charge < -0.3 is 14.7 Å². The number of methoxy groups -OCH3 is 1. The van der Waals surface area contributed by atoms with Crippen molar-refractivity contribution in [2.24, 2.45) is 11.8 Å². The average molecular weight is 411 g/mol. The summed E-state index contributed by atoms with van der Waals surface area (Å²) in [5.74, 6) is 1.10. The second-order valence-electron chi connectivity index (χ2n) is 7.80. The van der Waals surface area contributed by atoms with Gasteiger partial charge in [-0.1, -0.05) is 0 Å². The third kappa shape index (κ3) is 5.24. The first-order valence-electron chi connectivity index (χ1n) is 9.99. The number of rotatable bonds is 6. The quantitative estimate of drug-likeness (QED) is 0.745. The Bertz CT molecular complexity index is 749. The number of aliphatic hydroxyl groups excluding tert-OH is 1. The summed E-state index contributed by atoms with van der Waals surface area (Å²) in [5, 5.41) is 9.59. The zero-order chi connectivity index (χ0) is 20.1. The molecule has 2 aliphatic rings. The number of ether oxygens (including phenoxy) is 1. The summed E-state index contributed by atoms with van der Waals surface area (Å²) < 4.78 is 32.7. The zero-order valence-corrected chi connectivity index (χ0v) is 17.2. The number of piperidine rings is 1. The van der Waals surface area contributed by atoms with E-state index in [0.717, 1.165) is 25.7 Å². The van der Waals surface area contributed by atoms with Gasteiger partial charge in [-0.3, -0.25) is 4.79 Å². The predicted molar refractivity (Wildman–Crippen MR) is 105 cm³/mol. The van der Waals surface area contributed by atoms with Gasteiger partial charge >= 0.3 is 0 Å². The standard InChI is InChI=1S/C20H30N2O5S/c1-27-18-6-8-19(9-7-18)28(25,26)21-14-15-2-4-16(5-3-15)20(24)22-12-10-17(23)11-13-22/h6-9,15-17,21,23H,2-5,10-14H2,1H3. The van der Waals surface area contributed by atoms with Crippen LogP contribution in [0.5, 0.6) is 5.75 Å². The molecule has 1 aromatic carbocycles. The average Bonchev–Trinajstić information content (AvgIpc) is 2.73. The molecule has 1 heterocycles. The van der Waals surface area contributed by atoms with Crippen LogP contribution in [0.4, 0.5) is 0 Å². The van der Waals surface area contributed by atoms with Gasteiger partial charge in [0.05, 0.1) is 18.1 Å². The molecule has 7 nitrogen and oxygen atoms in total. The fourth-order valence-electron chi connectivity index (χ4n) is 4.02. The van der Waals surface area contributed by atoms with E-state index < -0.39 is 10.0 Å². The number of nitrogens with zero attached hydrogens (tertiary/aromatic N) is 1. The molecule has 0 unspecified atom stereocenters. The van der Waals surface area contributed by atoms with E-state index in [0.29, 0.717) is 38.2 Å². The molecule has 2 N–H and O–H groups in total. The molecule has 0 radical (unpaired) electrons. The smallest absolute Gasteiger partial charge is 0.240 e. The molecular formula is C20H30N2O5S. The first-order valence-corrected chi connectivity index (χ1v) is 11.5. The fourth-order valence-corrected chi connectivity index (χ4v) is 5.14. The lowest BCUT2D eigenvalue weighted by molar-refractivity contribution is -0.138. The van der Waals surface area contributed by atoms with E-state index in [4.69, 9.17) is 4.74 Å². The number of carbonyl (C=O) groups excluding carboxylic acids is 1. The molecule has 2 fully saturated rings. The Hall–Kier alpha value is -1.64. The van der Waals surface area contributed by atoms with E-state index in [-0.39, 0.29) is 28.7 Å². The van der Waals surface area contributed by atoms with Gasteiger partial charge in [0.1, 0.15) is 5.75 Å². The van der Waals surface area contributed by atoms with Crippen molar-refractivity contribution in [3.8, 4) is 5.75 Å². The van der Waals surface area contributed by atoms with Crippen molar-refractivity contribution in [3.63, 3.8) is 0 Å². The van der Waals surface area contributed by atoms with Crippen LogP contribution in [-0.2, 0) is 14.8 Å². The highest BCUT2D eigenvalue weighted by Gasteiger charge is 2.31. The Morgan fingerprint density at radius 1 is 1.11 bits per heavy atom. The van der Waals surface area contributed by atoms with Crippen LogP contribution in [0, 0.1) is 11.8 Å². The molecule has 1 aliphatic heterocycles. The lowest BCUT2D eigenvalue weighted by Crippen LogP contribution is -2.44. The normalized spacial score (nSPS) is 24.1. The number of carbonyl (C=O) groups is 1. The minimum absolute atomic E-state index is 0.0321. The van der Waals surface area contributed by atoms with Gasteiger partial charge in [-0.05, 0) is 68.7 Å². The Morgan fingerprint density at radius 3 is 2.29 bits per heavy atom. The second kappa shape index (κ2) is 9.24. The SMILES string of the molecule is COc1ccc(S(=O)(=O)NCC2CCC(C(=O)N3CCC(O)CC3)CC2)cc1. The molecular weight excluding hydrogens is 380 g/mol. The van der Waals surface area contributed by atoms with Crippen LogP contribution in [0.3, 0.4) is 0 Å². The van der Waals surface area contributed by atoms with E-state index in [1.807, 2.05) is 4.90 Å². The second-order valence-corrected chi connectivity index (χ2v) is 9.57. The minimum atomic E-state index is -3.54. The van der Waals surface area contributed by atoms with Crippen LogP contribution >= 0.6 is 0 Å². The molecule has 8 heteroatoms. The largest absolute Gasteiger partial charge is 0.497 e. The molecule has 3 rings (SSSR count). The highest BCUT2D eigenvalue weighted by molar-refractivity contribution is 7.89. The van der Waals surface area contributed by atoms with Crippen LogP contribution in [0.1, 0.15) is 38.5 Å². The van der Waals surface area contributed by atoms with Gasteiger partial charge in [-0.25, -0.2) is 13.1 Å². The van der Waals surface area contributed by atoms with Crippen molar-refractivity contribution in [1.29, 1.82) is 0 Å². The van der Waals surface area contributed by atoms with E-state index in [1.54, 1.807) is 12.1 Å². The van der Waals surface area contributed by atoms with Gasteiger partial charge in [0.15, 0.2) is 0 Å². The molecule has 0 aromatic heterocycles. The van der Waals surface area contributed by atoms with Crippen LogP contribution in [0.15, 0.2) is 29.2 Å². The Kier molecular flexibility index (Phi) is 6.95. The van der Waals surface area contributed by atoms with Crippen molar-refractivity contribution < 1.29 is 23.1 Å². The number of sulfonamides is 1. The van der Waals surface area contributed by atoms with E-state index in [1.165, 1.54) is 19.2 Å². The lowest BCUT2D eigenvalue weighted by atomic mass is 9.81. The number of aliphatic hydroxyl groups is 1. The van der Waals surface area contributed by atoms with E-state index in [9.17, 15) is 18.3 Å². The molecule has 1 aromatic rings. The summed E-state index contributed by atoms with van der Waals surface area (Å²) >= 11 is 0. The van der Waals surface area contributed by atoms with Gasteiger partial charge in [0.2, 0.25) is 15.9 Å². The highest BCUT2D eigenvalue weighted by Crippen LogP contribution is 2.30. The first-order chi connectivity index (χ1) is 13.4. The molecule has 1 saturated heterocycles. The number of amides is 1. The van der Waals surface area contributed by atoms with E-state index in [2.05, 4.69) is 4.72 Å². The highest BCUT2D eigenvalue weighted by atomic mass is 32.2. The van der Waals surface area contributed by atoms with Crippen LogP contribution in [-0.4, -0.2) is 57.2 Å². The van der Waals surface area contributed by atoms with Crippen LogP contribution in [0.2, 0.25) is 0 Å². The van der Waals surface area contributed by atoms with Crippen molar-refractivity contribution in [3.05, 3.63) is 24.3 Å². The summed E-state index contributed by atoms with van der Waals surface area (Å²) in [7, 11) is -2.00. The summed E-state index contributed by atoms with van der Waals surface area (Å²) in [6.07, 6.45) is 4.33. The van der Waals surface area contributed by atoms with Crippen molar-refractivity contribution >= 4 is 15.9 Å². The van der Waals surface area contributed by atoms with Crippen LogP contribution < -0.4 is 9.46 Å². The molecule has 156 valence electrons. The van der Waals surface area contributed by atoms with Gasteiger partial charge in [0.25, 0.3) is 0 Å². The third-order valence-corrected chi connectivity index (χ3v) is 7.34. The monoisotopic (exact) mass is 410 g/mol. The maximum Gasteiger partial charge on any atom is 0.240 e. The first kappa shape index (κ1) is 21.1. The molecule has 1 saturated carbocycles. The lowest BCUT2D eigenvalue weighted by Gasteiger charge is -2.35. The molecule has 0 spiro atoms. The number of likely N-dealkylation sites (tertiary alicyclic amines) is 1. The minimum Gasteiger partial charge on any atom is -0.497 e. The number of nitrogens with one attached hydrogen (secondary N) is 1. The van der Waals surface area contributed by atoms with Crippen LogP contribution in [0.25, 0.3) is 0 Å². The Balaban J connectivity index is 1.45. The van der Waals surface area contributed by atoms with Gasteiger partial charge in [-0.2, -0.15) is 0 Å². The summed E-state index contributed by atoms with van der Waals surface area (Å²) in [6.45, 7) is 1.67. The summed E-state index contributed by atoms with van der Waals surface area (Å²) in [5.41, 5.74) is 0. The topological polar surface area (TPSA) is 95.9 Å². The fraction of sp³-hybridized carbons (Fsp3) is 0.650. The molecule has 0 atom stereocenters. The maximum absolute atomic E-state index is 12.6. The summed E-state index contributed by atoms with van der Waals surface area (Å²) in [4.78, 5) is 14.7. The third-order valence-electron chi connectivity index (χ3n) is 5.90.